The zero-order valence-corrected chi connectivity index (χ0v) is 16.0. The minimum absolute atomic E-state index is 0. The van der Waals surface area contributed by atoms with Gasteiger partial charge in [-0.05, 0) is 37.1 Å². The summed E-state index contributed by atoms with van der Waals surface area (Å²) in [4.78, 5) is 23.7. The van der Waals surface area contributed by atoms with E-state index in [-0.39, 0.29) is 35.7 Å². The average Bonchev–Trinajstić information content (AvgIpc) is 2.44. The Labute approximate surface area is 151 Å². The van der Waals surface area contributed by atoms with E-state index >= 15 is 0 Å². The third-order valence-corrected chi connectivity index (χ3v) is 3.39. The first-order chi connectivity index (χ1) is 10.7. The molecule has 0 radical (unpaired) electrons. The first-order valence-corrected chi connectivity index (χ1v) is 8.02. The number of carbonyl (C=O) groups excluding carboxylic acids is 2. The monoisotopic (exact) mass is 355 g/mol. The molecule has 0 aliphatic rings. The largest absolute Gasteiger partial charge is 0.354 e. The molecular formula is C18H30ClN3O2. The van der Waals surface area contributed by atoms with Gasteiger partial charge in [0.25, 0.3) is 0 Å². The van der Waals surface area contributed by atoms with Crippen LogP contribution in [-0.2, 0) is 16.0 Å². The smallest absolute Gasteiger partial charge is 0.224 e. The Bertz CT molecular complexity index is 524. The Morgan fingerprint density at radius 1 is 1.08 bits per heavy atom. The molecule has 24 heavy (non-hydrogen) atoms. The summed E-state index contributed by atoms with van der Waals surface area (Å²) in [6.45, 7) is 8.71. The van der Waals surface area contributed by atoms with Crippen LogP contribution in [0.3, 0.4) is 0 Å². The minimum atomic E-state index is -0.0351. The van der Waals surface area contributed by atoms with Gasteiger partial charge < -0.3 is 16.0 Å². The van der Waals surface area contributed by atoms with Gasteiger partial charge in [0.05, 0.1) is 6.42 Å². The summed E-state index contributed by atoms with van der Waals surface area (Å²) in [6.07, 6.45) is 0.813. The van der Waals surface area contributed by atoms with Crippen LogP contribution in [0.15, 0.2) is 24.3 Å². The number of hydrogen-bond donors (Lipinski definition) is 3. The summed E-state index contributed by atoms with van der Waals surface area (Å²) in [5.41, 5.74) is 1.65. The minimum Gasteiger partial charge on any atom is -0.354 e. The normalized spacial score (nSPS) is 12.0. The van der Waals surface area contributed by atoms with Crippen molar-refractivity contribution in [3.05, 3.63) is 29.8 Å². The van der Waals surface area contributed by atoms with Crippen LogP contribution in [0.5, 0.6) is 0 Å². The van der Waals surface area contributed by atoms with Crippen LogP contribution in [0.4, 0.5) is 5.69 Å². The van der Waals surface area contributed by atoms with Crippen molar-refractivity contribution >= 4 is 29.9 Å². The number of amides is 2. The van der Waals surface area contributed by atoms with E-state index < -0.39 is 0 Å². The van der Waals surface area contributed by atoms with Gasteiger partial charge in [0.1, 0.15) is 0 Å². The van der Waals surface area contributed by atoms with E-state index in [4.69, 9.17) is 0 Å². The highest BCUT2D eigenvalue weighted by Gasteiger charge is 2.15. The topological polar surface area (TPSA) is 70.2 Å². The summed E-state index contributed by atoms with van der Waals surface area (Å²) in [6, 6.07) is 7.65. The number of carbonyl (C=O) groups is 2. The van der Waals surface area contributed by atoms with Crippen molar-refractivity contribution in [3.63, 3.8) is 0 Å². The zero-order chi connectivity index (χ0) is 17.5. The third-order valence-electron chi connectivity index (χ3n) is 3.39. The van der Waals surface area contributed by atoms with Gasteiger partial charge in [-0.25, -0.2) is 0 Å². The van der Waals surface area contributed by atoms with Crippen molar-refractivity contribution in [1.29, 1.82) is 0 Å². The van der Waals surface area contributed by atoms with Crippen molar-refractivity contribution in [2.24, 2.45) is 5.41 Å². The van der Waals surface area contributed by atoms with E-state index in [1.165, 1.54) is 0 Å². The van der Waals surface area contributed by atoms with Gasteiger partial charge in [-0.2, -0.15) is 0 Å². The molecule has 2 amide bonds. The Kier molecular flexibility index (Phi) is 9.63. The number of likely N-dealkylation sites (N-methyl/N-ethyl adjacent to an activating group) is 1. The summed E-state index contributed by atoms with van der Waals surface area (Å²) in [7, 11) is 1.86. The van der Waals surface area contributed by atoms with Crippen LogP contribution in [0.1, 0.15) is 39.7 Å². The molecule has 1 rings (SSSR count). The van der Waals surface area contributed by atoms with Crippen molar-refractivity contribution in [3.8, 4) is 0 Å². The molecule has 0 fully saturated rings. The summed E-state index contributed by atoms with van der Waals surface area (Å²) in [5.74, 6) is 0.000615. The molecule has 0 bridgehead atoms. The second kappa shape index (κ2) is 10.3. The van der Waals surface area contributed by atoms with Gasteiger partial charge in [-0.15, -0.1) is 12.4 Å². The van der Waals surface area contributed by atoms with Gasteiger partial charge in [-0.1, -0.05) is 32.9 Å². The molecule has 0 spiro atoms. The molecule has 1 aromatic rings. The first-order valence-electron chi connectivity index (χ1n) is 8.02. The standard InChI is InChI=1S/C18H29N3O2.ClH/c1-13(19-5)12-20-16(22)10-14-6-8-15(9-7-14)21-17(23)11-18(2,3)4;/h6-9,13,19H,10-12H2,1-5H3,(H,20,22)(H,21,23);1H. The van der Waals surface area contributed by atoms with Gasteiger partial charge in [0.2, 0.25) is 11.8 Å². The van der Waals surface area contributed by atoms with Crippen molar-refractivity contribution < 1.29 is 9.59 Å². The molecule has 0 aliphatic carbocycles. The number of rotatable bonds is 7. The number of hydrogen-bond acceptors (Lipinski definition) is 3. The molecule has 1 atom stereocenters. The van der Waals surface area contributed by atoms with E-state index in [0.29, 0.717) is 19.4 Å². The van der Waals surface area contributed by atoms with Gasteiger partial charge in [0.15, 0.2) is 0 Å². The highest BCUT2D eigenvalue weighted by molar-refractivity contribution is 5.91. The molecule has 0 saturated carbocycles. The molecule has 3 N–H and O–H groups in total. The molecule has 6 heteroatoms. The van der Waals surface area contributed by atoms with E-state index in [1.54, 1.807) is 0 Å². The number of halogens is 1. The second-order valence-electron chi connectivity index (χ2n) is 7.15. The predicted molar refractivity (Wildman–Crippen MR) is 102 cm³/mol. The first kappa shape index (κ1) is 22.4. The Morgan fingerprint density at radius 2 is 1.67 bits per heavy atom. The van der Waals surface area contributed by atoms with Gasteiger partial charge in [0, 0.05) is 24.7 Å². The Morgan fingerprint density at radius 3 is 2.17 bits per heavy atom. The van der Waals surface area contributed by atoms with E-state index in [0.717, 1.165) is 11.3 Å². The Hall–Kier alpha value is -1.59. The maximum atomic E-state index is 11.9. The highest BCUT2D eigenvalue weighted by atomic mass is 35.5. The molecule has 1 unspecified atom stereocenters. The lowest BCUT2D eigenvalue weighted by molar-refractivity contribution is -0.120. The molecule has 136 valence electrons. The molecule has 0 aliphatic heterocycles. The van der Waals surface area contributed by atoms with Crippen LogP contribution < -0.4 is 16.0 Å². The SMILES string of the molecule is CNC(C)CNC(=O)Cc1ccc(NC(=O)CC(C)(C)C)cc1.Cl. The molecule has 0 heterocycles. The van der Waals surface area contributed by atoms with Crippen molar-refractivity contribution in [2.45, 2.75) is 46.6 Å². The van der Waals surface area contributed by atoms with Crippen molar-refractivity contribution in [2.75, 3.05) is 18.9 Å². The number of anilines is 1. The van der Waals surface area contributed by atoms with Gasteiger partial charge in [-0.3, -0.25) is 9.59 Å². The lowest BCUT2D eigenvalue weighted by atomic mass is 9.92. The highest BCUT2D eigenvalue weighted by Crippen LogP contribution is 2.19. The molecule has 5 nitrogen and oxygen atoms in total. The quantitative estimate of drug-likeness (QED) is 0.704. The molecule has 0 saturated heterocycles. The molecule has 0 aromatic heterocycles. The van der Waals surface area contributed by atoms with Crippen LogP contribution in [0.25, 0.3) is 0 Å². The molecule has 1 aromatic carbocycles. The van der Waals surface area contributed by atoms with E-state index in [9.17, 15) is 9.59 Å². The maximum Gasteiger partial charge on any atom is 0.224 e. The lowest BCUT2D eigenvalue weighted by Gasteiger charge is -2.17. The van der Waals surface area contributed by atoms with E-state index in [2.05, 4.69) is 16.0 Å². The number of benzene rings is 1. The fraction of sp³-hybridized carbons (Fsp3) is 0.556. The molecular weight excluding hydrogens is 326 g/mol. The maximum absolute atomic E-state index is 11.9. The van der Waals surface area contributed by atoms with E-state index in [1.807, 2.05) is 59.0 Å². The Balaban J connectivity index is 0.00000529. The number of nitrogens with one attached hydrogen (secondary N) is 3. The van der Waals surface area contributed by atoms with Crippen LogP contribution in [0, 0.1) is 5.41 Å². The van der Waals surface area contributed by atoms with Crippen molar-refractivity contribution in [1.82, 2.24) is 10.6 Å². The van der Waals surface area contributed by atoms with Crippen LogP contribution in [0.2, 0.25) is 0 Å². The van der Waals surface area contributed by atoms with Gasteiger partial charge >= 0.3 is 0 Å². The predicted octanol–water partition coefficient (Wildman–Crippen LogP) is 2.75. The second-order valence-corrected chi connectivity index (χ2v) is 7.15. The summed E-state index contributed by atoms with van der Waals surface area (Å²) >= 11 is 0. The zero-order valence-electron chi connectivity index (χ0n) is 15.2. The van der Waals surface area contributed by atoms with Crippen LogP contribution in [-0.4, -0.2) is 31.4 Å². The lowest BCUT2D eigenvalue weighted by Crippen LogP contribution is -2.37. The fourth-order valence-electron chi connectivity index (χ4n) is 2.01. The average molecular weight is 356 g/mol. The third kappa shape index (κ3) is 9.53. The summed E-state index contributed by atoms with van der Waals surface area (Å²) in [5, 5.41) is 8.83. The summed E-state index contributed by atoms with van der Waals surface area (Å²) < 4.78 is 0. The fourth-order valence-corrected chi connectivity index (χ4v) is 2.01. The van der Waals surface area contributed by atoms with Crippen LogP contribution >= 0.6 is 12.4 Å².